The van der Waals surface area contributed by atoms with Gasteiger partial charge in [0.25, 0.3) is 0 Å². The van der Waals surface area contributed by atoms with Crippen molar-refractivity contribution in [2.75, 3.05) is 6.54 Å². The molecule has 6 nitrogen and oxygen atoms in total. The number of piperidine rings is 1. The average molecular weight is 385 g/mol. The van der Waals surface area contributed by atoms with Crippen molar-refractivity contribution < 1.29 is 9.32 Å². The van der Waals surface area contributed by atoms with Gasteiger partial charge in [0.1, 0.15) is 6.04 Å². The highest BCUT2D eigenvalue weighted by Gasteiger charge is 2.29. The predicted molar refractivity (Wildman–Crippen MR) is 97.9 cm³/mol. The Bertz CT molecular complexity index is 705. The number of halogens is 2. The lowest BCUT2D eigenvalue weighted by Crippen LogP contribution is -2.43. The lowest BCUT2D eigenvalue weighted by molar-refractivity contribution is -0.126. The van der Waals surface area contributed by atoms with Crippen LogP contribution in [0.25, 0.3) is 0 Å². The van der Waals surface area contributed by atoms with Crippen molar-refractivity contribution in [1.82, 2.24) is 20.8 Å². The van der Waals surface area contributed by atoms with Gasteiger partial charge >= 0.3 is 0 Å². The largest absolute Gasteiger partial charge is 0.342 e. The minimum atomic E-state index is -0.447. The van der Waals surface area contributed by atoms with Gasteiger partial charge in [-0.2, -0.15) is 4.98 Å². The first-order chi connectivity index (χ1) is 11.5. The number of amides is 1. The summed E-state index contributed by atoms with van der Waals surface area (Å²) in [5.74, 6) is 0.925. The molecule has 2 aromatic rings. The molecule has 1 amide bonds. The van der Waals surface area contributed by atoms with E-state index in [1.807, 2.05) is 12.1 Å². The highest BCUT2D eigenvalue weighted by atomic mass is 35.5. The van der Waals surface area contributed by atoms with Gasteiger partial charge in [-0.15, -0.1) is 12.4 Å². The first kappa shape index (κ1) is 19.7. The van der Waals surface area contributed by atoms with Crippen molar-refractivity contribution >= 4 is 29.9 Å². The third-order valence-corrected chi connectivity index (χ3v) is 4.54. The Labute approximate surface area is 158 Å². The van der Waals surface area contributed by atoms with Gasteiger partial charge in [-0.3, -0.25) is 4.79 Å². The Hall–Kier alpha value is -1.63. The van der Waals surface area contributed by atoms with Crippen molar-refractivity contribution in [3.8, 4) is 0 Å². The third-order valence-electron chi connectivity index (χ3n) is 4.29. The minimum Gasteiger partial charge on any atom is -0.342 e. The van der Waals surface area contributed by atoms with Gasteiger partial charge in [0.05, 0.1) is 0 Å². The van der Waals surface area contributed by atoms with Crippen molar-refractivity contribution in [3.63, 3.8) is 0 Å². The molecule has 1 fully saturated rings. The molecule has 0 saturated carbocycles. The summed E-state index contributed by atoms with van der Waals surface area (Å²) in [7, 11) is 0. The van der Waals surface area contributed by atoms with Crippen LogP contribution in [-0.2, 0) is 4.79 Å². The first-order valence-electron chi connectivity index (χ1n) is 8.12. The molecular weight excluding hydrogens is 363 g/mol. The van der Waals surface area contributed by atoms with Crippen LogP contribution in [0.15, 0.2) is 28.8 Å². The monoisotopic (exact) mass is 384 g/mol. The van der Waals surface area contributed by atoms with Crippen molar-refractivity contribution in [2.45, 2.75) is 38.8 Å². The first-order valence-corrected chi connectivity index (χ1v) is 8.50. The molecule has 3 atom stereocenters. The maximum atomic E-state index is 12.7. The fourth-order valence-corrected chi connectivity index (χ4v) is 3.14. The highest BCUT2D eigenvalue weighted by molar-refractivity contribution is 6.30. The fourth-order valence-electron chi connectivity index (χ4n) is 3.01. The molecule has 0 aliphatic carbocycles. The molecule has 1 aliphatic heterocycles. The molecule has 2 N–H and O–H groups in total. The van der Waals surface area contributed by atoms with E-state index < -0.39 is 6.04 Å². The number of carbonyl (C=O) groups excluding carboxylic acids is 1. The molecule has 0 spiro atoms. The summed E-state index contributed by atoms with van der Waals surface area (Å²) in [5.41, 5.74) is 0.871. The van der Waals surface area contributed by atoms with E-state index in [2.05, 4.69) is 27.7 Å². The Balaban J connectivity index is 0.00000225. The molecule has 0 bridgehead atoms. The normalized spacial score (nSPS) is 21.2. The smallest absolute Gasteiger partial charge is 0.224 e. The number of rotatable bonds is 4. The minimum absolute atomic E-state index is 0. The molecule has 136 valence electrons. The maximum Gasteiger partial charge on any atom is 0.224 e. The quantitative estimate of drug-likeness (QED) is 0.846. The number of benzene rings is 1. The van der Waals surface area contributed by atoms with Crippen molar-refractivity contribution in [1.29, 1.82) is 0 Å². The number of hydrogen-bond acceptors (Lipinski definition) is 5. The van der Waals surface area contributed by atoms with Crippen LogP contribution in [0, 0.1) is 12.8 Å². The number of carbonyl (C=O) groups is 1. The summed E-state index contributed by atoms with van der Waals surface area (Å²) in [6, 6.07) is 7.20. The van der Waals surface area contributed by atoms with Gasteiger partial charge < -0.3 is 15.2 Å². The summed E-state index contributed by atoms with van der Waals surface area (Å²) >= 11 is 5.97. The van der Waals surface area contributed by atoms with E-state index >= 15 is 0 Å². The second kappa shape index (κ2) is 8.65. The van der Waals surface area contributed by atoms with E-state index in [4.69, 9.17) is 16.1 Å². The zero-order valence-corrected chi connectivity index (χ0v) is 15.7. The van der Waals surface area contributed by atoms with Gasteiger partial charge in [0, 0.05) is 23.9 Å². The van der Waals surface area contributed by atoms with Gasteiger partial charge in [-0.1, -0.05) is 28.9 Å². The lowest BCUT2D eigenvalue weighted by Gasteiger charge is -2.28. The van der Waals surface area contributed by atoms with Crippen LogP contribution in [0.1, 0.15) is 43.1 Å². The van der Waals surface area contributed by atoms with E-state index in [0.29, 0.717) is 22.8 Å². The van der Waals surface area contributed by atoms with Crippen LogP contribution in [0.2, 0.25) is 5.02 Å². The third kappa shape index (κ3) is 4.93. The van der Waals surface area contributed by atoms with Crippen LogP contribution in [0.3, 0.4) is 0 Å². The van der Waals surface area contributed by atoms with E-state index in [9.17, 15) is 4.79 Å². The second-order valence-electron chi connectivity index (χ2n) is 6.24. The summed E-state index contributed by atoms with van der Waals surface area (Å²) in [6.07, 6.45) is 1.65. The zero-order chi connectivity index (χ0) is 17.1. The summed E-state index contributed by atoms with van der Waals surface area (Å²) < 4.78 is 5.09. The van der Waals surface area contributed by atoms with E-state index in [0.717, 1.165) is 24.9 Å². The number of nitrogens with zero attached hydrogens (tertiary/aromatic N) is 2. The van der Waals surface area contributed by atoms with Crippen LogP contribution >= 0.6 is 24.0 Å². The van der Waals surface area contributed by atoms with Crippen LogP contribution < -0.4 is 10.6 Å². The molecule has 1 aliphatic rings. The van der Waals surface area contributed by atoms with E-state index in [1.165, 1.54) is 0 Å². The Morgan fingerprint density at radius 1 is 1.40 bits per heavy atom. The average Bonchev–Trinajstić information content (AvgIpc) is 2.99. The molecule has 1 unspecified atom stereocenters. The molecule has 1 aromatic heterocycles. The van der Waals surface area contributed by atoms with Gasteiger partial charge in [0.2, 0.25) is 11.8 Å². The molecule has 1 saturated heterocycles. The topological polar surface area (TPSA) is 80.0 Å². The Kier molecular flexibility index (Phi) is 6.81. The summed E-state index contributed by atoms with van der Waals surface area (Å²) in [4.78, 5) is 17.0. The van der Waals surface area contributed by atoms with Crippen LogP contribution in [0.4, 0.5) is 0 Å². The number of hydrogen-bond donors (Lipinski definition) is 2. The van der Waals surface area contributed by atoms with Crippen molar-refractivity contribution in [3.05, 3.63) is 46.6 Å². The molecular formula is C17H22Cl2N4O2. The molecule has 0 radical (unpaired) electrons. The maximum absolute atomic E-state index is 12.7. The van der Waals surface area contributed by atoms with Gasteiger partial charge in [0.15, 0.2) is 5.82 Å². The molecule has 2 heterocycles. The molecule has 25 heavy (non-hydrogen) atoms. The summed E-state index contributed by atoms with van der Waals surface area (Å²) in [5, 5.41) is 11.1. The van der Waals surface area contributed by atoms with E-state index in [-0.39, 0.29) is 24.2 Å². The van der Waals surface area contributed by atoms with Gasteiger partial charge in [-0.25, -0.2) is 0 Å². The van der Waals surface area contributed by atoms with Crippen LogP contribution in [0.5, 0.6) is 0 Å². The predicted octanol–water partition coefficient (Wildman–Crippen LogP) is 3.05. The zero-order valence-electron chi connectivity index (χ0n) is 14.2. The number of aryl methyl sites for hydroxylation is 1. The molecule has 1 aromatic carbocycles. The van der Waals surface area contributed by atoms with Crippen molar-refractivity contribution in [2.24, 2.45) is 5.92 Å². The Morgan fingerprint density at radius 3 is 2.72 bits per heavy atom. The number of aromatic nitrogens is 2. The SMILES string of the molecule is Cc1nc(C(NC(=O)[C@H]2CCN[C@@H](C)C2)c2ccc(Cl)cc2)no1.Cl. The highest BCUT2D eigenvalue weighted by Crippen LogP contribution is 2.24. The lowest BCUT2D eigenvalue weighted by atomic mass is 9.92. The van der Waals surface area contributed by atoms with Crippen LogP contribution in [-0.4, -0.2) is 28.6 Å². The van der Waals surface area contributed by atoms with E-state index in [1.54, 1.807) is 19.1 Å². The molecule has 8 heteroatoms. The Morgan fingerprint density at radius 2 is 2.12 bits per heavy atom. The standard InChI is InChI=1S/C17H21ClN4O2.ClH/c1-10-9-13(7-8-19-10)17(23)21-15(16-20-11(2)24-22-16)12-3-5-14(18)6-4-12;/h3-6,10,13,15,19H,7-9H2,1-2H3,(H,21,23);1H/t10-,13-,15?;/m0./s1. The summed E-state index contributed by atoms with van der Waals surface area (Å²) in [6.45, 7) is 4.68. The molecule has 3 rings (SSSR count). The number of nitrogens with one attached hydrogen (secondary N) is 2. The fraction of sp³-hybridized carbons (Fsp3) is 0.471. The second-order valence-corrected chi connectivity index (χ2v) is 6.68. The van der Waals surface area contributed by atoms with Gasteiger partial charge in [-0.05, 0) is 44.0 Å².